The number of aromatic carboxylic acids is 1. The average molecular weight is 327 g/mol. The molecule has 0 saturated heterocycles. The van der Waals surface area contributed by atoms with Gasteiger partial charge in [-0.1, -0.05) is 12.1 Å². The molecule has 2 aromatic rings. The van der Waals surface area contributed by atoms with Crippen LogP contribution in [0.15, 0.2) is 34.5 Å². The van der Waals surface area contributed by atoms with Crippen LogP contribution in [-0.2, 0) is 10.0 Å². The number of nitrogens with one attached hydrogen (secondary N) is 1. The summed E-state index contributed by atoms with van der Waals surface area (Å²) in [6.45, 7) is 1.56. The summed E-state index contributed by atoms with van der Waals surface area (Å²) >= 11 is 0.882. The van der Waals surface area contributed by atoms with E-state index in [9.17, 15) is 13.2 Å². The molecule has 1 aromatic carbocycles. The number of hydrogen-bond donors (Lipinski definition) is 2. The van der Waals surface area contributed by atoms with E-state index in [4.69, 9.17) is 9.84 Å². The maximum atomic E-state index is 12.5. The van der Waals surface area contributed by atoms with E-state index in [1.54, 1.807) is 31.2 Å². The molecular weight excluding hydrogens is 314 g/mol. The Hall–Kier alpha value is -2.06. The average Bonchev–Trinajstić information content (AvgIpc) is 2.82. The maximum absolute atomic E-state index is 12.5. The standard InChI is InChI=1S/C13H13NO5S2/c1-8-7-20-11(13(15)16)12(8)21(17,18)14-9-5-3-4-6-10(9)19-2/h3-7,14H,1-2H3,(H,15,16). The quantitative estimate of drug-likeness (QED) is 0.880. The van der Waals surface area contributed by atoms with E-state index >= 15 is 0 Å². The van der Waals surface area contributed by atoms with Crippen LogP contribution >= 0.6 is 11.3 Å². The number of carboxylic acids is 1. The Morgan fingerprint density at radius 2 is 2.00 bits per heavy atom. The molecule has 112 valence electrons. The molecule has 2 rings (SSSR count). The number of aryl methyl sites for hydroxylation is 1. The van der Waals surface area contributed by atoms with Crippen LogP contribution in [-0.4, -0.2) is 26.6 Å². The number of anilines is 1. The molecule has 0 atom stereocenters. The Morgan fingerprint density at radius 3 is 2.62 bits per heavy atom. The zero-order valence-corrected chi connectivity index (χ0v) is 12.9. The lowest BCUT2D eigenvalue weighted by atomic mass is 10.3. The fourth-order valence-electron chi connectivity index (χ4n) is 1.84. The molecule has 0 fully saturated rings. The summed E-state index contributed by atoms with van der Waals surface area (Å²) in [5.74, 6) is -0.917. The smallest absolute Gasteiger partial charge is 0.347 e. The van der Waals surface area contributed by atoms with Crippen LogP contribution in [0, 0.1) is 6.92 Å². The van der Waals surface area contributed by atoms with Gasteiger partial charge < -0.3 is 9.84 Å². The van der Waals surface area contributed by atoms with Crippen molar-refractivity contribution in [1.29, 1.82) is 0 Å². The van der Waals surface area contributed by atoms with E-state index in [0.29, 0.717) is 11.3 Å². The lowest BCUT2D eigenvalue weighted by molar-refractivity contribution is 0.0698. The highest BCUT2D eigenvalue weighted by Crippen LogP contribution is 2.31. The predicted octanol–water partition coefficient (Wildman–Crippen LogP) is 2.56. The zero-order chi connectivity index (χ0) is 15.6. The van der Waals surface area contributed by atoms with Crippen molar-refractivity contribution >= 4 is 33.0 Å². The first kappa shape index (κ1) is 15.3. The summed E-state index contributed by atoms with van der Waals surface area (Å²) in [6.07, 6.45) is 0. The molecule has 0 aliphatic rings. The molecule has 0 amide bonds. The number of carbonyl (C=O) groups is 1. The van der Waals surface area contributed by atoms with Crippen molar-refractivity contribution in [3.05, 3.63) is 40.1 Å². The van der Waals surface area contributed by atoms with Crippen LogP contribution in [0.25, 0.3) is 0 Å². The number of rotatable bonds is 5. The first-order chi connectivity index (χ1) is 9.86. The van der Waals surface area contributed by atoms with Crippen LogP contribution in [0.5, 0.6) is 5.75 Å². The number of benzene rings is 1. The Balaban J connectivity index is 2.49. The molecule has 8 heteroatoms. The van der Waals surface area contributed by atoms with E-state index in [1.165, 1.54) is 12.5 Å². The van der Waals surface area contributed by atoms with Gasteiger partial charge in [0.25, 0.3) is 10.0 Å². The first-order valence-electron chi connectivity index (χ1n) is 5.84. The van der Waals surface area contributed by atoms with Gasteiger partial charge in [-0.25, -0.2) is 13.2 Å². The van der Waals surface area contributed by atoms with Crippen molar-refractivity contribution in [2.24, 2.45) is 0 Å². The molecule has 0 aliphatic heterocycles. The lowest BCUT2D eigenvalue weighted by Crippen LogP contribution is -2.16. The number of sulfonamides is 1. The van der Waals surface area contributed by atoms with Crippen LogP contribution < -0.4 is 9.46 Å². The number of para-hydroxylation sites is 2. The van der Waals surface area contributed by atoms with Gasteiger partial charge >= 0.3 is 5.97 Å². The number of carboxylic acid groups (broad SMARTS) is 1. The molecule has 0 radical (unpaired) electrons. The van der Waals surface area contributed by atoms with Gasteiger partial charge in [-0.15, -0.1) is 11.3 Å². The molecule has 0 saturated carbocycles. The van der Waals surface area contributed by atoms with E-state index in [0.717, 1.165) is 11.3 Å². The number of ether oxygens (including phenoxy) is 1. The summed E-state index contributed by atoms with van der Waals surface area (Å²) in [6, 6.07) is 6.50. The molecule has 1 heterocycles. The molecule has 0 unspecified atom stereocenters. The number of hydrogen-bond acceptors (Lipinski definition) is 5. The van der Waals surface area contributed by atoms with E-state index in [-0.39, 0.29) is 15.5 Å². The van der Waals surface area contributed by atoms with Gasteiger partial charge in [-0.05, 0) is 30.0 Å². The molecule has 0 spiro atoms. The van der Waals surface area contributed by atoms with Crippen molar-refractivity contribution in [2.75, 3.05) is 11.8 Å². The normalized spacial score (nSPS) is 11.1. The minimum absolute atomic E-state index is 0.213. The van der Waals surface area contributed by atoms with Gasteiger partial charge in [0.05, 0.1) is 12.8 Å². The van der Waals surface area contributed by atoms with E-state index in [1.807, 2.05) is 0 Å². The fraction of sp³-hybridized carbons (Fsp3) is 0.154. The fourth-order valence-corrected chi connectivity index (χ4v) is 4.54. The molecular formula is C13H13NO5S2. The topological polar surface area (TPSA) is 92.7 Å². The molecule has 1 aromatic heterocycles. The second kappa shape index (κ2) is 5.74. The summed E-state index contributed by atoms with van der Waals surface area (Å²) in [7, 11) is -2.59. The Morgan fingerprint density at radius 1 is 1.33 bits per heavy atom. The van der Waals surface area contributed by atoms with Crippen molar-refractivity contribution in [1.82, 2.24) is 0 Å². The van der Waals surface area contributed by atoms with Crippen molar-refractivity contribution < 1.29 is 23.1 Å². The highest BCUT2D eigenvalue weighted by Gasteiger charge is 2.27. The molecule has 2 N–H and O–H groups in total. The summed E-state index contributed by atoms with van der Waals surface area (Å²) < 4.78 is 32.3. The van der Waals surface area contributed by atoms with Gasteiger partial charge in [-0.3, -0.25) is 4.72 Å². The second-order valence-corrected chi connectivity index (χ2v) is 6.69. The predicted molar refractivity (Wildman–Crippen MR) is 79.8 cm³/mol. The van der Waals surface area contributed by atoms with E-state index < -0.39 is 16.0 Å². The SMILES string of the molecule is COc1ccccc1NS(=O)(=O)c1c(C)csc1C(=O)O. The van der Waals surface area contributed by atoms with Crippen LogP contribution in [0.3, 0.4) is 0 Å². The third-order valence-electron chi connectivity index (χ3n) is 2.73. The molecule has 6 nitrogen and oxygen atoms in total. The van der Waals surface area contributed by atoms with Crippen LogP contribution in [0.4, 0.5) is 5.69 Å². The summed E-state index contributed by atoms with van der Waals surface area (Å²) in [5.41, 5.74) is 0.640. The number of thiophene rings is 1. The molecule has 0 bridgehead atoms. The van der Waals surface area contributed by atoms with Crippen molar-refractivity contribution in [3.63, 3.8) is 0 Å². The summed E-state index contributed by atoms with van der Waals surface area (Å²) in [4.78, 5) is 10.7. The van der Waals surface area contributed by atoms with Crippen molar-refractivity contribution in [3.8, 4) is 5.75 Å². The van der Waals surface area contributed by atoms with Gasteiger partial charge in [-0.2, -0.15) is 0 Å². The maximum Gasteiger partial charge on any atom is 0.347 e. The second-order valence-electron chi connectivity index (χ2n) is 4.19. The van der Waals surface area contributed by atoms with Gasteiger partial charge in [0.1, 0.15) is 15.5 Å². The third-order valence-corrected chi connectivity index (χ3v) is 5.50. The Bertz CT molecular complexity index is 780. The Kier molecular flexibility index (Phi) is 4.19. The Labute approximate surface area is 126 Å². The first-order valence-corrected chi connectivity index (χ1v) is 8.20. The minimum Gasteiger partial charge on any atom is -0.495 e. The van der Waals surface area contributed by atoms with Gasteiger partial charge in [0.2, 0.25) is 0 Å². The van der Waals surface area contributed by atoms with Gasteiger partial charge in [0, 0.05) is 0 Å². The zero-order valence-electron chi connectivity index (χ0n) is 11.3. The minimum atomic E-state index is -4.01. The van der Waals surface area contributed by atoms with Crippen molar-refractivity contribution in [2.45, 2.75) is 11.8 Å². The van der Waals surface area contributed by atoms with Crippen LogP contribution in [0.2, 0.25) is 0 Å². The van der Waals surface area contributed by atoms with Crippen LogP contribution in [0.1, 0.15) is 15.2 Å². The number of methoxy groups -OCH3 is 1. The summed E-state index contributed by atoms with van der Waals surface area (Å²) in [5, 5.41) is 10.6. The highest BCUT2D eigenvalue weighted by molar-refractivity contribution is 7.93. The highest BCUT2D eigenvalue weighted by atomic mass is 32.2. The molecule has 0 aliphatic carbocycles. The monoisotopic (exact) mass is 327 g/mol. The molecule has 21 heavy (non-hydrogen) atoms. The third kappa shape index (κ3) is 3.01. The van der Waals surface area contributed by atoms with Gasteiger partial charge in [0.15, 0.2) is 0 Å². The van der Waals surface area contributed by atoms with E-state index in [2.05, 4.69) is 4.72 Å². The lowest BCUT2D eigenvalue weighted by Gasteiger charge is -2.12. The largest absolute Gasteiger partial charge is 0.495 e.